The van der Waals surface area contributed by atoms with Crippen molar-refractivity contribution in [3.8, 4) is 0 Å². The highest BCUT2D eigenvalue weighted by molar-refractivity contribution is 5.81. The van der Waals surface area contributed by atoms with Crippen molar-refractivity contribution in [3.05, 3.63) is 0 Å². The van der Waals surface area contributed by atoms with Crippen molar-refractivity contribution < 1.29 is 14.3 Å². The number of hydrogen-bond donors (Lipinski definition) is 1. The highest BCUT2D eigenvalue weighted by atomic mass is 16.5. The molecule has 5 heteroatoms. The maximum atomic E-state index is 12.9. The number of rotatable bonds is 5. The molecule has 3 aliphatic rings. The molecule has 2 N–H and O–H groups in total. The Balaban J connectivity index is 1.63. The molecule has 0 radical (unpaired) electrons. The largest absolute Gasteiger partial charge is 0.376 e. The second-order valence-corrected chi connectivity index (χ2v) is 6.62. The highest BCUT2D eigenvalue weighted by Crippen LogP contribution is 2.29. The van der Waals surface area contributed by atoms with E-state index in [4.69, 9.17) is 15.2 Å². The van der Waals surface area contributed by atoms with Crippen LogP contribution in [-0.2, 0) is 14.3 Å². The van der Waals surface area contributed by atoms with Crippen LogP contribution in [0.5, 0.6) is 0 Å². The Labute approximate surface area is 127 Å². The lowest BCUT2D eigenvalue weighted by Gasteiger charge is -2.33. The van der Waals surface area contributed by atoms with Gasteiger partial charge in [0.2, 0.25) is 0 Å². The van der Waals surface area contributed by atoms with Gasteiger partial charge in [-0.1, -0.05) is 12.8 Å². The van der Waals surface area contributed by atoms with Gasteiger partial charge in [0.05, 0.1) is 12.2 Å². The molecule has 0 aromatic heterocycles. The highest BCUT2D eigenvalue weighted by Gasteiger charge is 2.37. The molecule has 2 heterocycles. The van der Waals surface area contributed by atoms with Crippen molar-refractivity contribution in [2.24, 2.45) is 5.73 Å². The third-order valence-electron chi connectivity index (χ3n) is 5.12. The Morgan fingerprint density at radius 2 is 1.86 bits per heavy atom. The van der Waals surface area contributed by atoms with Crippen LogP contribution in [0.25, 0.3) is 0 Å². The molecule has 1 aliphatic carbocycles. The summed E-state index contributed by atoms with van der Waals surface area (Å²) >= 11 is 0. The molecular weight excluding hydrogens is 268 g/mol. The Hall–Kier alpha value is -0.650. The summed E-state index contributed by atoms with van der Waals surface area (Å²) in [7, 11) is 0. The first kappa shape index (κ1) is 15.3. The Kier molecular flexibility index (Phi) is 5.14. The smallest absolute Gasteiger partial charge is 0.252 e. The van der Waals surface area contributed by atoms with Gasteiger partial charge in [-0.05, 0) is 38.5 Å². The lowest BCUT2D eigenvalue weighted by Crippen LogP contribution is -2.48. The average Bonchev–Trinajstić information content (AvgIpc) is 3.25. The van der Waals surface area contributed by atoms with Gasteiger partial charge in [0, 0.05) is 25.7 Å². The number of amides is 1. The first-order valence-electron chi connectivity index (χ1n) is 8.55. The summed E-state index contributed by atoms with van der Waals surface area (Å²) in [6, 6.07) is 0.391. The van der Waals surface area contributed by atoms with Crippen molar-refractivity contribution in [2.45, 2.75) is 75.7 Å². The molecule has 3 rings (SSSR count). The van der Waals surface area contributed by atoms with Crippen LogP contribution in [-0.4, -0.2) is 54.9 Å². The topological polar surface area (TPSA) is 64.8 Å². The molecular formula is C16H28N2O3. The van der Waals surface area contributed by atoms with Crippen LogP contribution >= 0.6 is 0 Å². The molecule has 120 valence electrons. The number of hydrogen-bond acceptors (Lipinski definition) is 4. The molecule has 1 amide bonds. The molecule has 1 saturated carbocycles. The first-order valence-corrected chi connectivity index (χ1v) is 8.55. The predicted molar refractivity (Wildman–Crippen MR) is 79.9 cm³/mol. The molecule has 0 bridgehead atoms. The van der Waals surface area contributed by atoms with E-state index in [-0.39, 0.29) is 24.2 Å². The third kappa shape index (κ3) is 3.58. The van der Waals surface area contributed by atoms with E-state index in [9.17, 15) is 4.79 Å². The summed E-state index contributed by atoms with van der Waals surface area (Å²) in [5.41, 5.74) is 5.66. The van der Waals surface area contributed by atoms with Crippen LogP contribution in [0.2, 0.25) is 0 Å². The van der Waals surface area contributed by atoms with E-state index in [1.54, 1.807) is 0 Å². The fourth-order valence-corrected chi connectivity index (χ4v) is 3.89. The minimum atomic E-state index is -0.277. The van der Waals surface area contributed by atoms with Crippen molar-refractivity contribution >= 4 is 5.91 Å². The van der Waals surface area contributed by atoms with Gasteiger partial charge in [-0.15, -0.1) is 0 Å². The maximum absolute atomic E-state index is 12.9. The monoisotopic (exact) mass is 296 g/mol. The van der Waals surface area contributed by atoms with E-state index in [0.29, 0.717) is 12.6 Å². The SMILES string of the molecule is NC[C@H]1CC[C@@H](C(=O)N(CC2CCCO2)C2CCCC2)O1. The standard InChI is InChI=1S/C16H28N2O3/c17-10-13-7-8-15(21-13)16(19)18(12-4-1-2-5-12)11-14-6-3-9-20-14/h12-15H,1-11,17H2/t13-,14?,15+/m1/s1. The molecule has 3 fully saturated rings. The van der Waals surface area contributed by atoms with E-state index >= 15 is 0 Å². The van der Waals surface area contributed by atoms with Crippen LogP contribution in [0.1, 0.15) is 51.4 Å². The summed E-state index contributed by atoms with van der Waals surface area (Å²) in [4.78, 5) is 15.0. The summed E-state index contributed by atoms with van der Waals surface area (Å²) < 4.78 is 11.6. The molecule has 0 aromatic rings. The van der Waals surface area contributed by atoms with Gasteiger partial charge >= 0.3 is 0 Å². The van der Waals surface area contributed by atoms with Gasteiger partial charge in [-0.25, -0.2) is 0 Å². The Morgan fingerprint density at radius 1 is 1.05 bits per heavy atom. The Bertz CT molecular complexity index is 351. The number of nitrogens with zero attached hydrogens (tertiary/aromatic N) is 1. The number of carbonyl (C=O) groups is 1. The zero-order valence-corrected chi connectivity index (χ0v) is 12.8. The minimum Gasteiger partial charge on any atom is -0.376 e. The molecule has 0 aromatic carbocycles. The molecule has 0 spiro atoms. The molecule has 2 aliphatic heterocycles. The van der Waals surface area contributed by atoms with E-state index in [1.807, 2.05) is 0 Å². The fraction of sp³-hybridized carbons (Fsp3) is 0.938. The zero-order valence-electron chi connectivity index (χ0n) is 12.8. The van der Waals surface area contributed by atoms with Crippen LogP contribution in [0.4, 0.5) is 0 Å². The molecule has 5 nitrogen and oxygen atoms in total. The third-order valence-corrected chi connectivity index (χ3v) is 5.12. The molecule has 2 saturated heterocycles. The van der Waals surface area contributed by atoms with Gasteiger partial charge < -0.3 is 20.1 Å². The fourth-order valence-electron chi connectivity index (χ4n) is 3.89. The van der Waals surface area contributed by atoms with E-state index in [2.05, 4.69) is 4.90 Å². The first-order chi connectivity index (χ1) is 10.3. The maximum Gasteiger partial charge on any atom is 0.252 e. The lowest BCUT2D eigenvalue weighted by atomic mass is 10.1. The van der Waals surface area contributed by atoms with Gasteiger partial charge in [-0.2, -0.15) is 0 Å². The van der Waals surface area contributed by atoms with E-state index < -0.39 is 0 Å². The Morgan fingerprint density at radius 3 is 2.48 bits per heavy atom. The normalized spacial score (nSPS) is 33.7. The lowest BCUT2D eigenvalue weighted by molar-refractivity contribution is -0.146. The van der Waals surface area contributed by atoms with Crippen molar-refractivity contribution in [2.75, 3.05) is 19.7 Å². The number of nitrogens with two attached hydrogens (primary N) is 1. The minimum absolute atomic E-state index is 0.0621. The van der Waals surface area contributed by atoms with E-state index in [1.165, 1.54) is 12.8 Å². The van der Waals surface area contributed by atoms with E-state index in [0.717, 1.165) is 51.7 Å². The average molecular weight is 296 g/mol. The van der Waals surface area contributed by atoms with Crippen molar-refractivity contribution in [1.29, 1.82) is 0 Å². The van der Waals surface area contributed by atoms with Crippen LogP contribution in [0.3, 0.4) is 0 Å². The molecule has 21 heavy (non-hydrogen) atoms. The summed E-state index contributed by atoms with van der Waals surface area (Å²) in [5, 5.41) is 0. The second kappa shape index (κ2) is 7.07. The van der Waals surface area contributed by atoms with Gasteiger partial charge in [0.15, 0.2) is 0 Å². The van der Waals surface area contributed by atoms with Gasteiger partial charge in [-0.3, -0.25) is 4.79 Å². The van der Waals surface area contributed by atoms with Crippen molar-refractivity contribution in [3.63, 3.8) is 0 Å². The molecule has 1 unspecified atom stereocenters. The summed E-state index contributed by atoms with van der Waals surface area (Å²) in [6.45, 7) is 2.10. The molecule has 3 atom stereocenters. The van der Waals surface area contributed by atoms with Crippen LogP contribution in [0, 0.1) is 0 Å². The van der Waals surface area contributed by atoms with Crippen molar-refractivity contribution in [1.82, 2.24) is 4.90 Å². The summed E-state index contributed by atoms with van der Waals surface area (Å²) in [5.74, 6) is 0.174. The van der Waals surface area contributed by atoms with Crippen LogP contribution in [0.15, 0.2) is 0 Å². The van der Waals surface area contributed by atoms with Crippen LogP contribution < -0.4 is 5.73 Å². The predicted octanol–water partition coefficient (Wildman–Crippen LogP) is 1.44. The van der Waals surface area contributed by atoms with Gasteiger partial charge in [0.25, 0.3) is 5.91 Å². The number of ether oxygens (including phenoxy) is 2. The second-order valence-electron chi connectivity index (χ2n) is 6.62. The summed E-state index contributed by atoms with van der Waals surface area (Å²) in [6.07, 6.45) is 8.65. The quantitative estimate of drug-likeness (QED) is 0.834. The van der Waals surface area contributed by atoms with Gasteiger partial charge in [0.1, 0.15) is 6.10 Å². The number of carbonyl (C=O) groups excluding carboxylic acids is 1. The zero-order chi connectivity index (χ0) is 14.7.